The molecule has 0 fully saturated rings. The molecule has 1 aliphatic heterocycles. The third kappa shape index (κ3) is 4.05. The van der Waals surface area contributed by atoms with E-state index < -0.39 is 17.4 Å². The minimum Gasteiger partial charge on any atom is -0.392 e. The van der Waals surface area contributed by atoms with Crippen molar-refractivity contribution < 1.29 is 9.90 Å². The van der Waals surface area contributed by atoms with Crippen molar-refractivity contribution in [3.8, 4) is 0 Å². The van der Waals surface area contributed by atoms with E-state index in [0.29, 0.717) is 17.8 Å². The standard InChI is InChI=1S/C24H28N4O4/c1-2-13-26-23(31)21-22(28(24(26)32)14-17-9-5-3-6-10-17)25-20(16-29)27(21)15-19(30)18-11-7-4-8-12-18/h3,5-7,9-12,20,25,29H,2,4,8,13-16H2,1H3. The fourth-order valence-corrected chi connectivity index (χ4v) is 4.22. The smallest absolute Gasteiger partial charge is 0.332 e. The van der Waals surface area contributed by atoms with E-state index in [1.165, 1.54) is 9.13 Å². The lowest BCUT2D eigenvalue weighted by atomic mass is 10.0. The van der Waals surface area contributed by atoms with Gasteiger partial charge in [0.2, 0.25) is 0 Å². The normalized spacial score (nSPS) is 17.1. The van der Waals surface area contributed by atoms with Gasteiger partial charge < -0.3 is 15.3 Å². The number of ketones is 1. The maximum atomic E-state index is 13.4. The summed E-state index contributed by atoms with van der Waals surface area (Å²) in [6, 6.07) is 9.51. The second-order valence-corrected chi connectivity index (χ2v) is 8.04. The van der Waals surface area contributed by atoms with Crippen molar-refractivity contribution in [2.45, 2.75) is 45.4 Å². The molecule has 4 rings (SSSR count). The third-order valence-corrected chi connectivity index (χ3v) is 5.81. The summed E-state index contributed by atoms with van der Waals surface area (Å²) in [4.78, 5) is 41.1. The molecule has 32 heavy (non-hydrogen) atoms. The van der Waals surface area contributed by atoms with Crippen molar-refractivity contribution in [1.29, 1.82) is 0 Å². The number of carbonyl (C=O) groups excluding carboxylic acids is 1. The van der Waals surface area contributed by atoms with E-state index in [0.717, 1.165) is 18.4 Å². The largest absolute Gasteiger partial charge is 0.392 e. The van der Waals surface area contributed by atoms with Crippen LogP contribution in [0.1, 0.15) is 31.7 Å². The summed E-state index contributed by atoms with van der Waals surface area (Å²) in [6.45, 7) is 2.07. The third-order valence-electron chi connectivity index (χ3n) is 5.81. The number of benzene rings is 1. The highest BCUT2D eigenvalue weighted by molar-refractivity contribution is 6.01. The molecule has 0 spiro atoms. The Balaban J connectivity index is 1.81. The van der Waals surface area contributed by atoms with Gasteiger partial charge in [0.05, 0.1) is 19.7 Å². The molecule has 1 aromatic carbocycles. The molecule has 8 heteroatoms. The summed E-state index contributed by atoms with van der Waals surface area (Å²) >= 11 is 0. The van der Waals surface area contributed by atoms with Crippen LogP contribution in [0.3, 0.4) is 0 Å². The van der Waals surface area contributed by atoms with Gasteiger partial charge in [-0.25, -0.2) is 4.79 Å². The van der Waals surface area contributed by atoms with Crippen LogP contribution >= 0.6 is 0 Å². The molecule has 168 valence electrons. The number of nitrogens with zero attached hydrogens (tertiary/aromatic N) is 3. The maximum Gasteiger partial charge on any atom is 0.332 e. The van der Waals surface area contributed by atoms with Crippen LogP contribution in [0.5, 0.6) is 0 Å². The first-order valence-electron chi connectivity index (χ1n) is 11.0. The Labute approximate surface area is 186 Å². The van der Waals surface area contributed by atoms with Crippen molar-refractivity contribution >= 4 is 17.3 Å². The molecule has 0 radical (unpaired) electrons. The molecule has 2 N–H and O–H groups in total. The lowest BCUT2D eigenvalue weighted by Gasteiger charge is -2.24. The first-order chi connectivity index (χ1) is 15.5. The number of nitrogens with one attached hydrogen (secondary N) is 1. The van der Waals surface area contributed by atoms with E-state index in [4.69, 9.17) is 0 Å². The van der Waals surface area contributed by atoms with Gasteiger partial charge >= 0.3 is 5.69 Å². The fourth-order valence-electron chi connectivity index (χ4n) is 4.22. The van der Waals surface area contributed by atoms with Crippen molar-refractivity contribution in [3.05, 3.63) is 80.5 Å². The number of hydrogen-bond acceptors (Lipinski definition) is 6. The number of fused-ring (bicyclic) bond motifs is 1. The molecule has 1 aliphatic carbocycles. The topological polar surface area (TPSA) is 96.6 Å². The van der Waals surface area contributed by atoms with Crippen molar-refractivity contribution in [2.24, 2.45) is 0 Å². The van der Waals surface area contributed by atoms with E-state index in [2.05, 4.69) is 5.32 Å². The molecule has 2 heterocycles. The Morgan fingerprint density at radius 2 is 1.94 bits per heavy atom. The summed E-state index contributed by atoms with van der Waals surface area (Å²) in [7, 11) is 0. The highest BCUT2D eigenvalue weighted by Gasteiger charge is 2.36. The number of aromatic nitrogens is 2. The van der Waals surface area contributed by atoms with Gasteiger partial charge in [0.25, 0.3) is 5.56 Å². The fraction of sp³-hybridized carbons (Fsp3) is 0.375. The quantitative estimate of drug-likeness (QED) is 0.656. The Morgan fingerprint density at radius 1 is 1.16 bits per heavy atom. The Kier molecular flexibility index (Phi) is 6.41. The molecule has 1 atom stereocenters. The number of anilines is 2. The summed E-state index contributed by atoms with van der Waals surface area (Å²) in [5.41, 5.74) is 0.915. The zero-order valence-electron chi connectivity index (χ0n) is 18.2. The van der Waals surface area contributed by atoms with Gasteiger partial charge in [-0.2, -0.15) is 0 Å². The zero-order chi connectivity index (χ0) is 22.7. The highest BCUT2D eigenvalue weighted by Crippen LogP contribution is 2.31. The van der Waals surface area contributed by atoms with Crippen molar-refractivity contribution in [2.75, 3.05) is 23.4 Å². The molecule has 1 aromatic heterocycles. The summed E-state index contributed by atoms with van der Waals surface area (Å²) in [5.74, 6) is 0.215. The number of allylic oxidation sites excluding steroid dienone is 3. The molecule has 8 nitrogen and oxygen atoms in total. The SMILES string of the molecule is CCCn1c(=O)c2c(n(Cc3ccccc3)c1=O)NC(CO)N2CC(=O)C1=CCCC=C1. The monoisotopic (exact) mass is 436 g/mol. The van der Waals surface area contributed by atoms with Gasteiger partial charge in [-0.15, -0.1) is 0 Å². The Bertz CT molecular complexity index is 1180. The second-order valence-electron chi connectivity index (χ2n) is 8.04. The summed E-state index contributed by atoms with van der Waals surface area (Å²) in [6.07, 6.45) is 7.30. The van der Waals surface area contributed by atoms with Crippen LogP contribution < -0.4 is 21.5 Å². The predicted molar refractivity (Wildman–Crippen MR) is 124 cm³/mol. The number of Topliss-reactive ketones (excluding diaryl/α,β-unsaturated/α-hetero) is 1. The van der Waals surface area contributed by atoms with Gasteiger partial charge in [-0.05, 0) is 24.8 Å². The van der Waals surface area contributed by atoms with Crippen molar-refractivity contribution in [1.82, 2.24) is 9.13 Å². The zero-order valence-corrected chi connectivity index (χ0v) is 18.2. The number of carbonyl (C=O) groups is 1. The molecule has 0 saturated carbocycles. The molecule has 0 saturated heterocycles. The second kappa shape index (κ2) is 9.40. The molecule has 2 aromatic rings. The minimum atomic E-state index is -0.672. The van der Waals surface area contributed by atoms with E-state index in [1.807, 2.05) is 49.4 Å². The minimum absolute atomic E-state index is 0.0632. The van der Waals surface area contributed by atoms with Crippen LogP contribution in [0.4, 0.5) is 11.5 Å². The maximum absolute atomic E-state index is 13.4. The van der Waals surface area contributed by atoms with Crippen molar-refractivity contribution in [3.63, 3.8) is 0 Å². The Morgan fingerprint density at radius 3 is 2.59 bits per heavy atom. The first-order valence-corrected chi connectivity index (χ1v) is 11.0. The van der Waals surface area contributed by atoms with E-state index in [9.17, 15) is 19.5 Å². The summed E-state index contributed by atoms with van der Waals surface area (Å²) in [5, 5.41) is 13.1. The number of hydrogen-bond donors (Lipinski definition) is 2. The average Bonchev–Trinajstić information content (AvgIpc) is 3.19. The van der Waals surface area contributed by atoms with Crippen LogP contribution in [0.15, 0.2) is 63.7 Å². The van der Waals surface area contributed by atoms with Gasteiger partial charge in [0, 0.05) is 12.1 Å². The van der Waals surface area contributed by atoms with Crippen LogP contribution in [0, 0.1) is 0 Å². The van der Waals surface area contributed by atoms with Gasteiger partial charge in [0.1, 0.15) is 17.7 Å². The van der Waals surface area contributed by atoms with Crippen LogP contribution in [0.2, 0.25) is 0 Å². The Hall–Kier alpha value is -3.39. The lowest BCUT2D eigenvalue weighted by Crippen LogP contribution is -2.45. The van der Waals surface area contributed by atoms with E-state index >= 15 is 0 Å². The molecule has 0 bridgehead atoms. The lowest BCUT2D eigenvalue weighted by molar-refractivity contribution is -0.114. The van der Waals surface area contributed by atoms with E-state index in [1.54, 1.807) is 11.0 Å². The first kappa shape index (κ1) is 21.8. The molecule has 1 unspecified atom stereocenters. The average molecular weight is 437 g/mol. The molecular formula is C24H28N4O4. The predicted octanol–water partition coefficient (Wildman–Crippen LogP) is 1.86. The van der Waals surface area contributed by atoms with Crippen LogP contribution in [-0.4, -0.2) is 39.3 Å². The summed E-state index contributed by atoms with van der Waals surface area (Å²) < 4.78 is 2.75. The number of aliphatic hydroxyl groups is 1. The van der Waals surface area contributed by atoms with Gasteiger partial charge in [0.15, 0.2) is 5.78 Å². The molecule has 2 aliphatic rings. The highest BCUT2D eigenvalue weighted by atomic mass is 16.3. The molecular weight excluding hydrogens is 408 g/mol. The molecule has 0 amide bonds. The van der Waals surface area contributed by atoms with Gasteiger partial charge in [-0.1, -0.05) is 55.5 Å². The number of rotatable bonds is 8. The number of aliphatic hydroxyl groups excluding tert-OH is 1. The van der Waals surface area contributed by atoms with E-state index in [-0.39, 0.29) is 37.7 Å². The van der Waals surface area contributed by atoms with Crippen LogP contribution in [0.25, 0.3) is 0 Å². The van der Waals surface area contributed by atoms with Gasteiger partial charge in [-0.3, -0.25) is 18.7 Å². The van der Waals surface area contributed by atoms with Crippen LogP contribution in [-0.2, 0) is 17.9 Å².